The summed E-state index contributed by atoms with van der Waals surface area (Å²) in [7, 11) is 0. The van der Waals surface area contributed by atoms with Crippen LogP contribution in [0.15, 0.2) is 30.3 Å². The number of rotatable bonds is 3. The monoisotopic (exact) mass is 348 g/mol. The number of likely N-dealkylation sites (tertiary alicyclic amines) is 1. The Balaban J connectivity index is 0.00000169. The number of nitrogens with one attached hydrogen (secondary N) is 1. The highest BCUT2D eigenvalue weighted by Crippen LogP contribution is 2.27. The summed E-state index contributed by atoms with van der Waals surface area (Å²) in [5, 5.41) is 15.9. The molecule has 1 aromatic carbocycles. The van der Waals surface area contributed by atoms with Gasteiger partial charge in [0.25, 0.3) is 0 Å². The van der Waals surface area contributed by atoms with Gasteiger partial charge in [-0.25, -0.2) is 0 Å². The average molecular weight is 349 g/mol. The fraction of sp³-hybridized carbons (Fsp3) is 0.500. The number of hydrogen-bond acceptors (Lipinski definition) is 5. The number of carbonyl (C=O) groups excluding carboxylic acids is 1. The molecule has 2 saturated heterocycles. The minimum atomic E-state index is -0.424. The second-order valence-corrected chi connectivity index (χ2v) is 6.40. The van der Waals surface area contributed by atoms with Gasteiger partial charge in [0.05, 0.1) is 0 Å². The number of nitrogens with zero attached hydrogens (tertiary/aromatic N) is 5. The number of halogens is 1. The molecule has 1 amide bonds. The lowest BCUT2D eigenvalue weighted by Crippen LogP contribution is -2.37. The van der Waals surface area contributed by atoms with Gasteiger partial charge in [0.2, 0.25) is 11.7 Å². The maximum atomic E-state index is 12.7. The van der Waals surface area contributed by atoms with Crippen LogP contribution in [0.25, 0.3) is 11.4 Å². The fourth-order valence-electron chi connectivity index (χ4n) is 3.49. The molecule has 0 radical (unpaired) electrons. The van der Waals surface area contributed by atoms with Crippen LogP contribution < -0.4 is 5.32 Å². The molecule has 2 fully saturated rings. The topological polar surface area (TPSA) is 75.9 Å². The van der Waals surface area contributed by atoms with Crippen LogP contribution >= 0.6 is 12.4 Å². The molecule has 24 heavy (non-hydrogen) atoms. The lowest BCUT2D eigenvalue weighted by Gasteiger charge is -2.20. The lowest BCUT2D eigenvalue weighted by molar-refractivity contribution is -0.134. The van der Waals surface area contributed by atoms with E-state index in [2.05, 4.69) is 20.7 Å². The highest BCUT2D eigenvalue weighted by molar-refractivity contribution is 5.85. The smallest absolute Gasteiger partial charge is 0.249 e. The molecule has 3 heterocycles. The quantitative estimate of drug-likeness (QED) is 0.895. The first-order valence-corrected chi connectivity index (χ1v) is 8.07. The third kappa shape index (κ3) is 3.01. The molecule has 0 bridgehead atoms. The summed E-state index contributed by atoms with van der Waals surface area (Å²) in [5.41, 5.74) is 0.903. The maximum Gasteiger partial charge on any atom is 0.249 e. The zero-order chi connectivity index (χ0) is 15.8. The average Bonchev–Trinajstić information content (AvgIpc) is 3.29. The van der Waals surface area contributed by atoms with Gasteiger partial charge in [0.15, 0.2) is 0 Å². The zero-order valence-electron chi connectivity index (χ0n) is 13.5. The molecule has 0 saturated carbocycles. The standard InChI is InChI=1S/C16H20N6O.ClH/c1-11(16(23)21-9-13-7-17-8-14(13)10-21)22-19-15(18-20-22)12-5-3-2-4-6-12;/h2-6,11,13-14,17H,7-10H2,1H3;1H/t11?,13-,14+;. The predicted molar refractivity (Wildman–Crippen MR) is 91.6 cm³/mol. The van der Waals surface area contributed by atoms with Crippen LogP contribution in [0, 0.1) is 11.8 Å². The van der Waals surface area contributed by atoms with Crippen LogP contribution in [0.3, 0.4) is 0 Å². The number of tetrazole rings is 1. The zero-order valence-corrected chi connectivity index (χ0v) is 14.3. The van der Waals surface area contributed by atoms with Crippen LogP contribution in [0.5, 0.6) is 0 Å². The first-order chi connectivity index (χ1) is 11.2. The first kappa shape index (κ1) is 16.9. The number of aromatic nitrogens is 4. The molecule has 1 N–H and O–H groups in total. The van der Waals surface area contributed by atoms with Gasteiger partial charge in [-0.15, -0.1) is 22.6 Å². The first-order valence-electron chi connectivity index (χ1n) is 8.07. The van der Waals surface area contributed by atoms with E-state index >= 15 is 0 Å². The van der Waals surface area contributed by atoms with Gasteiger partial charge < -0.3 is 10.2 Å². The molecule has 3 atom stereocenters. The normalized spacial score (nSPS) is 23.6. The van der Waals surface area contributed by atoms with Crippen molar-refractivity contribution in [1.82, 2.24) is 30.4 Å². The molecule has 1 aromatic heterocycles. The third-order valence-electron chi connectivity index (χ3n) is 4.87. The highest BCUT2D eigenvalue weighted by Gasteiger charge is 2.39. The molecule has 7 nitrogen and oxygen atoms in total. The van der Waals surface area contributed by atoms with E-state index in [0.717, 1.165) is 31.7 Å². The largest absolute Gasteiger partial charge is 0.340 e. The Labute approximate surface area is 146 Å². The van der Waals surface area contributed by atoms with Gasteiger partial charge in [-0.05, 0) is 24.0 Å². The predicted octanol–water partition coefficient (Wildman–Crippen LogP) is 1.00. The van der Waals surface area contributed by atoms with Gasteiger partial charge in [-0.1, -0.05) is 30.3 Å². The van der Waals surface area contributed by atoms with Crippen LogP contribution in [-0.2, 0) is 4.79 Å². The summed E-state index contributed by atoms with van der Waals surface area (Å²) in [4.78, 5) is 16.1. The van der Waals surface area contributed by atoms with E-state index < -0.39 is 6.04 Å². The second-order valence-electron chi connectivity index (χ2n) is 6.40. The van der Waals surface area contributed by atoms with E-state index in [1.807, 2.05) is 42.2 Å². The van der Waals surface area contributed by atoms with E-state index in [-0.39, 0.29) is 18.3 Å². The van der Waals surface area contributed by atoms with Crippen molar-refractivity contribution in [2.75, 3.05) is 26.2 Å². The Hall–Kier alpha value is -1.99. The molecule has 2 aliphatic rings. The summed E-state index contributed by atoms with van der Waals surface area (Å²) in [5.74, 6) is 1.81. The van der Waals surface area contributed by atoms with Gasteiger partial charge in [-0.2, -0.15) is 4.80 Å². The van der Waals surface area contributed by atoms with Crippen molar-refractivity contribution in [1.29, 1.82) is 0 Å². The molecule has 8 heteroatoms. The van der Waals surface area contributed by atoms with Crippen molar-refractivity contribution in [2.24, 2.45) is 11.8 Å². The Morgan fingerprint density at radius 2 is 1.88 bits per heavy atom. The SMILES string of the molecule is CC(C(=O)N1C[C@H]2CNC[C@H]2C1)n1nnc(-c2ccccc2)n1.Cl. The summed E-state index contributed by atoms with van der Waals surface area (Å²) in [6, 6.07) is 9.25. The minimum absolute atomic E-state index is 0. The third-order valence-corrected chi connectivity index (χ3v) is 4.87. The van der Waals surface area contributed by atoms with E-state index in [1.165, 1.54) is 4.80 Å². The fourth-order valence-corrected chi connectivity index (χ4v) is 3.49. The summed E-state index contributed by atoms with van der Waals surface area (Å²) >= 11 is 0. The van der Waals surface area contributed by atoms with E-state index in [9.17, 15) is 4.79 Å². The van der Waals surface area contributed by atoms with Crippen molar-refractivity contribution >= 4 is 18.3 Å². The van der Waals surface area contributed by atoms with Crippen LogP contribution in [0.2, 0.25) is 0 Å². The molecule has 128 valence electrons. The minimum Gasteiger partial charge on any atom is -0.340 e. The number of amides is 1. The molecule has 0 spiro atoms. The molecular weight excluding hydrogens is 328 g/mol. The molecule has 0 aliphatic carbocycles. The van der Waals surface area contributed by atoms with Crippen molar-refractivity contribution in [3.05, 3.63) is 30.3 Å². The van der Waals surface area contributed by atoms with E-state index in [1.54, 1.807) is 0 Å². The molecular formula is C16H21ClN6O. The van der Waals surface area contributed by atoms with Crippen LogP contribution in [-0.4, -0.2) is 57.2 Å². The molecule has 2 aliphatic heterocycles. The Morgan fingerprint density at radius 1 is 1.21 bits per heavy atom. The van der Waals surface area contributed by atoms with Crippen LogP contribution in [0.1, 0.15) is 13.0 Å². The van der Waals surface area contributed by atoms with Crippen molar-refractivity contribution in [3.63, 3.8) is 0 Å². The Bertz CT molecular complexity index is 694. The van der Waals surface area contributed by atoms with Crippen molar-refractivity contribution in [2.45, 2.75) is 13.0 Å². The molecule has 1 unspecified atom stereocenters. The molecule has 2 aromatic rings. The number of benzene rings is 1. The number of fused-ring (bicyclic) bond motifs is 1. The van der Waals surface area contributed by atoms with Gasteiger partial charge in [0, 0.05) is 31.7 Å². The molecule has 4 rings (SSSR count). The lowest BCUT2D eigenvalue weighted by atomic mass is 10.0. The Kier molecular flexibility index (Phi) is 4.82. The maximum absolute atomic E-state index is 12.7. The van der Waals surface area contributed by atoms with Gasteiger partial charge in [0.1, 0.15) is 6.04 Å². The van der Waals surface area contributed by atoms with E-state index in [4.69, 9.17) is 0 Å². The summed E-state index contributed by atoms with van der Waals surface area (Å²) in [6.07, 6.45) is 0. The Morgan fingerprint density at radius 3 is 2.54 bits per heavy atom. The van der Waals surface area contributed by atoms with Gasteiger partial charge >= 0.3 is 0 Å². The van der Waals surface area contributed by atoms with Crippen molar-refractivity contribution < 1.29 is 4.79 Å². The number of hydrogen-bond donors (Lipinski definition) is 1. The van der Waals surface area contributed by atoms with Crippen LogP contribution in [0.4, 0.5) is 0 Å². The van der Waals surface area contributed by atoms with Crippen molar-refractivity contribution in [3.8, 4) is 11.4 Å². The second kappa shape index (κ2) is 6.86. The highest BCUT2D eigenvalue weighted by atomic mass is 35.5. The summed E-state index contributed by atoms with van der Waals surface area (Å²) in [6.45, 7) is 5.54. The number of carbonyl (C=O) groups is 1. The van der Waals surface area contributed by atoms with E-state index in [0.29, 0.717) is 17.7 Å². The van der Waals surface area contributed by atoms with Gasteiger partial charge in [-0.3, -0.25) is 4.79 Å². The summed E-state index contributed by atoms with van der Waals surface area (Å²) < 4.78 is 0.